The van der Waals surface area contributed by atoms with E-state index in [4.69, 9.17) is 0 Å². The Kier molecular flexibility index (Phi) is 6.48. The number of nitrogens with one attached hydrogen (secondary N) is 2. The fourth-order valence-electron chi connectivity index (χ4n) is 2.25. The van der Waals surface area contributed by atoms with Gasteiger partial charge in [-0.3, -0.25) is 14.6 Å². The van der Waals surface area contributed by atoms with Crippen LogP contribution in [0.5, 0.6) is 0 Å². The first-order valence-electron chi connectivity index (χ1n) is 8.03. The lowest BCUT2D eigenvalue weighted by molar-refractivity contribution is -0.123. The number of carbonyl (C=O) groups excluding carboxylic acids is 2. The van der Waals surface area contributed by atoms with Crippen LogP contribution in [0.25, 0.3) is 0 Å². The van der Waals surface area contributed by atoms with E-state index in [-0.39, 0.29) is 17.7 Å². The number of hydrogen-bond acceptors (Lipinski definition) is 4. The molecule has 0 fully saturated rings. The molecule has 24 heavy (non-hydrogen) atoms. The van der Waals surface area contributed by atoms with Gasteiger partial charge in [-0.15, -0.1) is 0 Å². The highest BCUT2D eigenvalue weighted by molar-refractivity contribution is 5.96. The summed E-state index contributed by atoms with van der Waals surface area (Å²) in [6, 6.07) is 4.51. The summed E-state index contributed by atoms with van der Waals surface area (Å²) in [7, 11) is 0. The van der Waals surface area contributed by atoms with Crippen molar-refractivity contribution in [3.05, 3.63) is 48.8 Å². The van der Waals surface area contributed by atoms with Crippen molar-refractivity contribution >= 4 is 11.8 Å². The molecule has 2 N–H and O–H groups in total. The van der Waals surface area contributed by atoms with Crippen LogP contribution in [0.2, 0.25) is 0 Å². The molecule has 0 radical (unpaired) electrons. The number of aromatic nitrogens is 3. The summed E-state index contributed by atoms with van der Waals surface area (Å²) in [6.07, 6.45) is 7.69. The van der Waals surface area contributed by atoms with E-state index >= 15 is 0 Å². The van der Waals surface area contributed by atoms with E-state index in [1.165, 1.54) is 0 Å². The van der Waals surface area contributed by atoms with Gasteiger partial charge in [0.2, 0.25) is 5.91 Å². The number of rotatable bonds is 8. The third-order valence-electron chi connectivity index (χ3n) is 3.58. The minimum absolute atomic E-state index is 0.0219. The number of carbonyl (C=O) groups is 2. The average Bonchev–Trinajstić information content (AvgIpc) is 3.10. The summed E-state index contributed by atoms with van der Waals surface area (Å²) in [4.78, 5) is 32.5. The molecule has 0 bridgehead atoms. The van der Waals surface area contributed by atoms with Gasteiger partial charge >= 0.3 is 0 Å². The van der Waals surface area contributed by atoms with Crippen molar-refractivity contribution < 1.29 is 9.59 Å². The highest BCUT2D eigenvalue weighted by atomic mass is 16.2. The second-order valence-electron chi connectivity index (χ2n) is 5.86. The summed E-state index contributed by atoms with van der Waals surface area (Å²) in [6.45, 7) is 5.12. The molecular weight excluding hydrogens is 306 g/mol. The molecule has 0 saturated carbocycles. The van der Waals surface area contributed by atoms with Crippen LogP contribution >= 0.6 is 0 Å². The zero-order valence-electron chi connectivity index (χ0n) is 14.0. The standard InChI is InChI=1S/C17H23N5O2/c1-13(2)15(21-16(23)14-6-3-4-7-19-14)17(24)20-8-5-10-22-11-9-18-12-22/h3-4,6-7,9,11-13,15H,5,8,10H2,1-2H3,(H,20,24)(H,21,23). The predicted molar refractivity (Wildman–Crippen MR) is 90.2 cm³/mol. The van der Waals surface area contributed by atoms with Gasteiger partial charge in [0.05, 0.1) is 6.33 Å². The summed E-state index contributed by atoms with van der Waals surface area (Å²) >= 11 is 0. The van der Waals surface area contributed by atoms with Gasteiger partial charge in [0.25, 0.3) is 5.91 Å². The Morgan fingerprint density at radius 1 is 1.25 bits per heavy atom. The number of pyridine rings is 1. The number of nitrogens with zero attached hydrogens (tertiary/aromatic N) is 3. The lowest BCUT2D eigenvalue weighted by Crippen LogP contribution is -2.50. The lowest BCUT2D eigenvalue weighted by atomic mass is 10.0. The highest BCUT2D eigenvalue weighted by Crippen LogP contribution is 2.04. The molecule has 2 aromatic rings. The minimum atomic E-state index is -0.590. The van der Waals surface area contributed by atoms with Crippen molar-refractivity contribution in [2.45, 2.75) is 32.9 Å². The molecule has 0 spiro atoms. The fourth-order valence-corrected chi connectivity index (χ4v) is 2.25. The summed E-state index contributed by atoms with van der Waals surface area (Å²) in [5.74, 6) is -0.547. The van der Waals surface area contributed by atoms with Crippen LogP contribution in [0.1, 0.15) is 30.8 Å². The predicted octanol–water partition coefficient (Wildman–Crippen LogP) is 1.24. The van der Waals surface area contributed by atoms with Crippen molar-refractivity contribution in [1.82, 2.24) is 25.2 Å². The fraction of sp³-hybridized carbons (Fsp3) is 0.412. The first kappa shape index (κ1) is 17.7. The Bertz CT molecular complexity index is 640. The molecule has 1 unspecified atom stereocenters. The third kappa shape index (κ3) is 5.19. The van der Waals surface area contributed by atoms with Crippen LogP contribution in [0.4, 0.5) is 0 Å². The molecule has 0 aliphatic rings. The molecule has 0 aromatic carbocycles. The van der Waals surface area contributed by atoms with Crippen LogP contribution in [0.3, 0.4) is 0 Å². The number of hydrogen-bond donors (Lipinski definition) is 2. The second kappa shape index (κ2) is 8.81. The van der Waals surface area contributed by atoms with Gasteiger partial charge in [-0.05, 0) is 24.5 Å². The Morgan fingerprint density at radius 2 is 2.08 bits per heavy atom. The molecule has 0 aliphatic carbocycles. The van der Waals surface area contributed by atoms with E-state index in [0.717, 1.165) is 13.0 Å². The molecule has 0 saturated heterocycles. The van der Waals surface area contributed by atoms with E-state index in [1.807, 2.05) is 24.6 Å². The Labute approximate surface area is 141 Å². The summed E-state index contributed by atoms with van der Waals surface area (Å²) in [5.41, 5.74) is 0.302. The Hall–Kier alpha value is -2.70. The van der Waals surface area contributed by atoms with Gasteiger partial charge < -0.3 is 15.2 Å². The van der Waals surface area contributed by atoms with Crippen LogP contribution in [-0.4, -0.2) is 38.9 Å². The smallest absolute Gasteiger partial charge is 0.270 e. The molecule has 7 nitrogen and oxygen atoms in total. The van der Waals surface area contributed by atoms with Crippen molar-refractivity contribution in [1.29, 1.82) is 0 Å². The summed E-state index contributed by atoms with van der Waals surface area (Å²) < 4.78 is 1.95. The minimum Gasteiger partial charge on any atom is -0.354 e. The van der Waals surface area contributed by atoms with E-state index in [1.54, 1.807) is 36.9 Å². The number of aryl methyl sites for hydroxylation is 1. The van der Waals surface area contributed by atoms with Gasteiger partial charge in [-0.2, -0.15) is 0 Å². The number of amides is 2. The largest absolute Gasteiger partial charge is 0.354 e. The van der Waals surface area contributed by atoms with E-state index in [2.05, 4.69) is 20.6 Å². The molecule has 1 atom stereocenters. The quantitative estimate of drug-likeness (QED) is 0.713. The van der Waals surface area contributed by atoms with Crippen LogP contribution in [0, 0.1) is 5.92 Å². The van der Waals surface area contributed by atoms with Crippen LogP contribution in [0.15, 0.2) is 43.1 Å². The molecule has 2 rings (SSSR count). The molecule has 0 aliphatic heterocycles. The topological polar surface area (TPSA) is 88.9 Å². The third-order valence-corrected chi connectivity index (χ3v) is 3.58. The molecule has 2 heterocycles. The highest BCUT2D eigenvalue weighted by Gasteiger charge is 2.24. The van der Waals surface area contributed by atoms with Gasteiger partial charge in [0.15, 0.2) is 0 Å². The second-order valence-corrected chi connectivity index (χ2v) is 5.86. The van der Waals surface area contributed by atoms with Crippen molar-refractivity contribution in [2.75, 3.05) is 6.54 Å². The van der Waals surface area contributed by atoms with Crippen LogP contribution in [-0.2, 0) is 11.3 Å². The normalized spacial score (nSPS) is 12.0. The van der Waals surface area contributed by atoms with Gasteiger partial charge in [-0.1, -0.05) is 19.9 Å². The van der Waals surface area contributed by atoms with Gasteiger partial charge in [-0.25, -0.2) is 4.98 Å². The SMILES string of the molecule is CC(C)C(NC(=O)c1ccccn1)C(=O)NCCCn1ccnc1. The Morgan fingerprint density at radius 3 is 2.71 bits per heavy atom. The van der Waals surface area contributed by atoms with Gasteiger partial charge in [0, 0.05) is 31.7 Å². The Balaban J connectivity index is 1.82. The van der Waals surface area contributed by atoms with E-state index < -0.39 is 6.04 Å². The molecule has 2 aromatic heterocycles. The van der Waals surface area contributed by atoms with Crippen molar-refractivity contribution in [2.24, 2.45) is 5.92 Å². The van der Waals surface area contributed by atoms with E-state index in [9.17, 15) is 9.59 Å². The maximum Gasteiger partial charge on any atom is 0.270 e. The van der Waals surface area contributed by atoms with Crippen molar-refractivity contribution in [3.63, 3.8) is 0 Å². The zero-order valence-corrected chi connectivity index (χ0v) is 14.0. The van der Waals surface area contributed by atoms with Crippen molar-refractivity contribution in [3.8, 4) is 0 Å². The monoisotopic (exact) mass is 329 g/mol. The molecule has 2 amide bonds. The zero-order chi connectivity index (χ0) is 17.4. The van der Waals surface area contributed by atoms with Crippen LogP contribution < -0.4 is 10.6 Å². The maximum atomic E-state index is 12.3. The number of imidazole rings is 1. The van der Waals surface area contributed by atoms with Gasteiger partial charge in [0.1, 0.15) is 11.7 Å². The maximum absolute atomic E-state index is 12.3. The molecular formula is C17H23N5O2. The lowest BCUT2D eigenvalue weighted by Gasteiger charge is -2.21. The van der Waals surface area contributed by atoms with E-state index in [0.29, 0.717) is 12.2 Å². The first-order chi connectivity index (χ1) is 11.6. The average molecular weight is 329 g/mol. The molecule has 7 heteroatoms. The summed E-state index contributed by atoms with van der Waals surface area (Å²) in [5, 5.41) is 5.63. The molecule has 128 valence electrons. The first-order valence-corrected chi connectivity index (χ1v) is 8.03.